The van der Waals surface area contributed by atoms with Crippen LogP contribution in [-0.4, -0.2) is 34.0 Å². The zero-order chi connectivity index (χ0) is 46.9. The maximum absolute atomic E-state index is 13.2. The van der Waals surface area contributed by atoms with Crippen molar-refractivity contribution in [1.82, 2.24) is 0 Å². The molecular formula is C57H46N2O8. The molecule has 0 saturated carbocycles. The van der Waals surface area contributed by atoms with Crippen molar-refractivity contribution in [1.29, 1.82) is 0 Å². The number of nitrogens with one attached hydrogen (secondary N) is 2. The van der Waals surface area contributed by atoms with Crippen LogP contribution in [-0.2, 0) is 18.3 Å². The molecule has 332 valence electrons. The molecule has 2 amide bonds. The highest BCUT2D eigenvalue weighted by molar-refractivity contribution is 6.11. The Kier molecular flexibility index (Phi) is 13.4. The number of amides is 2. The zero-order valence-electron chi connectivity index (χ0n) is 36.7. The summed E-state index contributed by atoms with van der Waals surface area (Å²) >= 11 is 0. The van der Waals surface area contributed by atoms with E-state index in [9.17, 15) is 29.4 Å². The lowest BCUT2D eigenvalue weighted by atomic mass is 9.78. The summed E-state index contributed by atoms with van der Waals surface area (Å²) in [6.07, 6.45) is 1.10. The Hall–Kier alpha value is -8.76. The second-order valence-corrected chi connectivity index (χ2v) is 16.5. The van der Waals surface area contributed by atoms with Gasteiger partial charge in [-0.15, -0.1) is 0 Å². The highest BCUT2D eigenvalue weighted by Crippen LogP contribution is 2.35. The van der Waals surface area contributed by atoms with Gasteiger partial charge in [0.25, 0.3) is 11.8 Å². The summed E-state index contributed by atoms with van der Waals surface area (Å²) < 4.78 is 12.2. The quantitative estimate of drug-likeness (QED) is 0.0749. The van der Waals surface area contributed by atoms with Crippen LogP contribution in [0.15, 0.2) is 194 Å². The van der Waals surface area contributed by atoms with Crippen LogP contribution in [0.3, 0.4) is 0 Å². The highest BCUT2D eigenvalue weighted by Gasteiger charge is 2.24. The van der Waals surface area contributed by atoms with E-state index in [1.54, 1.807) is 84.9 Å². The van der Waals surface area contributed by atoms with Crippen LogP contribution in [0.1, 0.15) is 88.7 Å². The number of aromatic carboxylic acids is 2. The van der Waals surface area contributed by atoms with Gasteiger partial charge in [0.15, 0.2) is 0 Å². The normalized spacial score (nSPS) is 11.0. The molecule has 0 fully saturated rings. The summed E-state index contributed by atoms with van der Waals surface area (Å²) in [5, 5.41) is 25.4. The first-order chi connectivity index (χ1) is 32.4. The van der Waals surface area contributed by atoms with Crippen LogP contribution in [0.4, 0.5) is 11.4 Å². The van der Waals surface area contributed by atoms with E-state index >= 15 is 0 Å². The van der Waals surface area contributed by atoms with Gasteiger partial charge in [-0.1, -0.05) is 111 Å². The van der Waals surface area contributed by atoms with Gasteiger partial charge < -0.3 is 30.3 Å². The lowest BCUT2D eigenvalue weighted by Crippen LogP contribution is -2.18. The minimum absolute atomic E-state index is 0.0631. The van der Waals surface area contributed by atoms with Crippen molar-refractivity contribution >= 4 is 35.1 Å². The molecule has 10 nitrogen and oxygen atoms in total. The molecule has 10 heteroatoms. The third kappa shape index (κ3) is 11.1. The van der Waals surface area contributed by atoms with Crippen LogP contribution in [0.2, 0.25) is 0 Å². The van der Waals surface area contributed by atoms with Gasteiger partial charge in [0.1, 0.15) is 23.0 Å². The van der Waals surface area contributed by atoms with Gasteiger partial charge in [-0.05, 0) is 143 Å². The van der Waals surface area contributed by atoms with Gasteiger partial charge in [-0.3, -0.25) is 9.59 Å². The molecule has 8 aromatic rings. The maximum atomic E-state index is 13.2. The number of anilines is 2. The van der Waals surface area contributed by atoms with Gasteiger partial charge in [0.05, 0.1) is 22.3 Å². The summed E-state index contributed by atoms with van der Waals surface area (Å²) in [5.41, 5.74) is 6.45. The smallest absolute Gasteiger partial charge is 0.336 e. The summed E-state index contributed by atoms with van der Waals surface area (Å²) in [4.78, 5) is 50.6. The monoisotopic (exact) mass is 886 g/mol. The summed E-state index contributed by atoms with van der Waals surface area (Å²) in [6, 6.07) is 58.6. The van der Waals surface area contributed by atoms with E-state index in [4.69, 9.17) is 9.47 Å². The van der Waals surface area contributed by atoms with Crippen molar-refractivity contribution in [2.24, 2.45) is 0 Å². The molecule has 0 aliphatic carbocycles. The Morgan fingerprint density at radius 2 is 0.731 bits per heavy atom. The lowest BCUT2D eigenvalue weighted by molar-refractivity contribution is 0.0683. The topological polar surface area (TPSA) is 151 Å². The van der Waals surface area contributed by atoms with Crippen molar-refractivity contribution in [2.75, 3.05) is 10.6 Å². The first-order valence-electron chi connectivity index (χ1n) is 21.6. The number of carbonyl (C=O) groups is 4. The first-order valence-corrected chi connectivity index (χ1v) is 21.6. The van der Waals surface area contributed by atoms with E-state index in [1.807, 2.05) is 109 Å². The predicted octanol–water partition coefficient (Wildman–Crippen LogP) is 12.7. The Labute approximate surface area is 388 Å². The Morgan fingerprint density at radius 1 is 0.403 bits per heavy atom. The molecule has 0 aliphatic rings. The number of carboxylic acids is 2. The van der Waals surface area contributed by atoms with Crippen molar-refractivity contribution in [3.8, 4) is 23.0 Å². The molecule has 0 unspecified atom stereocenters. The van der Waals surface area contributed by atoms with Crippen LogP contribution < -0.4 is 20.1 Å². The van der Waals surface area contributed by atoms with Crippen LogP contribution in [0, 0.1) is 0 Å². The molecule has 0 bridgehead atoms. The molecule has 0 radical (unpaired) electrons. The largest absolute Gasteiger partial charge is 0.478 e. The predicted molar refractivity (Wildman–Crippen MR) is 259 cm³/mol. The van der Waals surface area contributed by atoms with Gasteiger partial charge in [0, 0.05) is 16.8 Å². The summed E-state index contributed by atoms with van der Waals surface area (Å²) in [7, 11) is 0. The van der Waals surface area contributed by atoms with E-state index in [0.717, 1.165) is 33.4 Å². The molecule has 67 heavy (non-hydrogen) atoms. The van der Waals surface area contributed by atoms with Gasteiger partial charge in [-0.2, -0.15) is 0 Å². The molecule has 0 aromatic heterocycles. The Bertz CT molecular complexity index is 2830. The fourth-order valence-electron chi connectivity index (χ4n) is 7.74. The van der Waals surface area contributed by atoms with Gasteiger partial charge >= 0.3 is 11.9 Å². The zero-order valence-corrected chi connectivity index (χ0v) is 36.7. The third-order valence-corrected chi connectivity index (χ3v) is 11.5. The molecule has 4 N–H and O–H groups in total. The minimum Gasteiger partial charge on any atom is -0.478 e. The molecular weight excluding hydrogens is 841 g/mol. The fraction of sp³-hybridized carbons (Fsp3) is 0.0877. The molecule has 0 heterocycles. The maximum Gasteiger partial charge on any atom is 0.336 e. The van der Waals surface area contributed by atoms with E-state index in [0.29, 0.717) is 47.2 Å². The Morgan fingerprint density at radius 3 is 1.06 bits per heavy atom. The van der Waals surface area contributed by atoms with Gasteiger partial charge in [0.2, 0.25) is 0 Å². The summed E-state index contributed by atoms with van der Waals surface area (Å²) in [5.74, 6) is -1.01. The highest BCUT2D eigenvalue weighted by atomic mass is 16.5. The molecule has 0 aliphatic heterocycles. The van der Waals surface area contributed by atoms with Crippen LogP contribution >= 0.6 is 0 Å². The molecule has 0 spiro atoms. The number of hydrogen-bond donors (Lipinski definition) is 4. The van der Waals surface area contributed by atoms with Crippen LogP contribution in [0.5, 0.6) is 23.0 Å². The number of hydrogen-bond acceptors (Lipinski definition) is 6. The Balaban J connectivity index is 0.836. The number of carbonyl (C=O) groups excluding carboxylic acids is 2. The van der Waals surface area contributed by atoms with Crippen molar-refractivity contribution in [2.45, 2.75) is 32.1 Å². The third-order valence-electron chi connectivity index (χ3n) is 11.5. The molecule has 0 atom stereocenters. The van der Waals surface area contributed by atoms with Crippen LogP contribution in [0.25, 0.3) is 0 Å². The fourth-order valence-corrected chi connectivity index (χ4v) is 7.74. The van der Waals surface area contributed by atoms with Crippen molar-refractivity contribution in [3.63, 3.8) is 0 Å². The first kappa shape index (κ1) is 44.8. The van der Waals surface area contributed by atoms with Gasteiger partial charge in [-0.25, -0.2) is 9.59 Å². The second kappa shape index (κ2) is 20.0. The minimum atomic E-state index is -1.17. The van der Waals surface area contributed by atoms with Crippen molar-refractivity contribution < 1.29 is 38.9 Å². The molecule has 0 saturated heterocycles. The lowest BCUT2D eigenvalue weighted by Gasteiger charge is -2.26. The summed E-state index contributed by atoms with van der Waals surface area (Å²) in [6.45, 7) is 4.27. The van der Waals surface area contributed by atoms with E-state index in [2.05, 4.69) is 24.5 Å². The van der Waals surface area contributed by atoms with E-state index in [1.165, 1.54) is 0 Å². The van der Waals surface area contributed by atoms with Crippen molar-refractivity contribution in [3.05, 3.63) is 250 Å². The second-order valence-electron chi connectivity index (χ2n) is 16.5. The SMILES string of the molecule is CC(C)(c1ccc(Oc2ccc(NC(=O)c3ccc(Cc4ccccc4)cc3C(=O)O)cc2)cc1)c1ccc(Oc2ccc(NC(=O)c3ccc(Cc4ccccc4)cc3C(=O)O)cc2)cc1. The van der Waals surface area contributed by atoms with E-state index < -0.39 is 23.8 Å². The number of ether oxygens (including phenoxy) is 2. The number of benzene rings is 8. The number of carboxylic acid groups (broad SMARTS) is 2. The van der Waals surface area contributed by atoms with E-state index in [-0.39, 0.29) is 27.7 Å². The number of rotatable bonds is 16. The average molecular weight is 887 g/mol. The average Bonchev–Trinajstić information content (AvgIpc) is 3.33. The standard InChI is InChI=1S/C57H46N2O8/c1-57(2,41-15-23-45(24-16-41)66-47-27-19-43(20-28-47)58-53(60)49-31-13-39(35-51(49)55(62)63)33-37-9-5-3-6-10-37)42-17-25-46(26-18-42)67-48-29-21-44(22-30-48)59-54(61)50-32-14-40(36-52(50)56(64)65)34-38-11-7-4-8-12-38/h3-32,35-36H,33-34H2,1-2H3,(H,58,60)(H,59,61)(H,62,63)(H,64,65). The molecule has 8 aromatic carbocycles. The molecule has 8 rings (SSSR count).